The molecule has 0 spiro atoms. The molecule has 3 rings (SSSR count). The molecular weight excluding hydrogens is 236 g/mol. The SMILES string of the molecule is CC1CC1Nc1snc(N)c1C(=O)NC1CC1. The molecule has 0 saturated heterocycles. The van der Waals surface area contributed by atoms with E-state index in [-0.39, 0.29) is 5.91 Å². The first-order valence-electron chi connectivity index (χ1n) is 5.97. The Morgan fingerprint density at radius 3 is 2.82 bits per heavy atom. The third kappa shape index (κ3) is 2.22. The Labute approximate surface area is 104 Å². The number of hydrogen-bond acceptors (Lipinski definition) is 5. The lowest BCUT2D eigenvalue weighted by molar-refractivity contribution is 0.0953. The summed E-state index contributed by atoms with van der Waals surface area (Å²) in [7, 11) is 0. The highest BCUT2D eigenvalue weighted by molar-refractivity contribution is 7.11. The Morgan fingerprint density at radius 2 is 2.24 bits per heavy atom. The summed E-state index contributed by atoms with van der Waals surface area (Å²) >= 11 is 1.28. The maximum absolute atomic E-state index is 12.0. The Kier molecular flexibility index (Phi) is 2.47. The molecule has 1 aromatic heterocycles. The quantitative estimate of drug-likeness (QED) is 0.757. The van der Waals surface area contributed by atoms with E-state index in [4.69, 9.17) is 5.73 Å². The fourth-order valence-electron chi connectivity index (χ4n) is 1.80. The van der Waals surface area contributed by atoms with Gasteiger partial charge in [0.25, 0.3) is 5.91 Å². The minimum atomic E-state index is -0.0884. The van der Waals surface area contributed by atoms with Gasteiger partial charge >= 0.3 is 0 Å². The molecule has 0 aromatic carbocycles. The molecule has 1 amide bonds. The van der Waals surface area contributed by atoms with E-state index in [0.29, 0.717) is 29.4 Å². The highest BCUT2D eigenvalue weighted by Gasteiger charge is 2.35. The first-order valence-corrected chi connectivity index (χ1v) is 6.75. The molecule has 5 nitrogen and oxygen atoms in total. The molecule has 2 unspecified atom stereocenters. The van der Waals surface area contributed by atoms with E-state index < -0.39 is 0 Å². The molecule has 2 saturated carbocycles. The summed E-state index contributed by atoms with van der Waals surface area (Å²) in [6, 6.07) is 0.817. The number of anilines is 2. The first-order chi connectivity index (χ1) is 8.15. The maximum Gasteiger partial charge on any atom is 0.258 e. The van der Waals surface area contributed by atoms with E-state index in [0.717, 1.165) is 24.3 Å². The van der Waals surface area contributed by atoms with Crippen molar-refractivity contribution in [3.63, 3.8) is 0 Å². The second-order valence-corrected chi connectivity index (χ2v) is 5.76. The van der Waals surface area contributed by atoms with E-state index in [2.05, 4.69) is 21.9 Å². The van der Waals surface area contributed by atoms with Gasteiger partial charge < -0.3 is 16.4 Å². The standard InChI is InChI=1S/C11H16N4OS/c1-5-4-7(5)14-11-8(9(12)15-17-11)10(16)13-6-2-3-6/h5-7,14H,2-4H2,1H3,(H2,12,15)(H,13,16). The van der Waals surface area contributed by atoms with Crippen molar-refractivity contribution in [3.05, 3.63) is 5.56 Å². The average molecular weight is 252 g/mol. The number of nitrogens with two attached hydrogens (primary N) is 1. The maximum atomic E-state index is 12.0. The Morgan fingerprint density at radius 1 is 1.53 bits per heavy atom. The number of hydrogen-bond donors (Lipinski definition) is 3. The fraction of sp³-hybridized carbons (Fsp3) is 0.636. The highest BCUT2D eigenvalue weighted by atomic mass is 32.1. The van der Waals surface area contributed by atoms with Crippen molar-refractivity contribution in [2.24, 2.45) is 5.92 Å². The van der Waals surface area contributed by atoms with Crippen LogP contribution in [0.25, 0.3) is 0 Å². The van der Waals surface area contributed by atoms with Gasteiger partial charge in [0.1, 0.15) is 10.6 Å². The summed E-state index contributed by atoms with van der Waals surface area (Å²) < 4.78 is 4.07. The predicted octanol–water partition coefficient (Wildman–Crippen LogP) is 1.44. The van der Waals surface area contributed by atoms with Gasteiger partial charge in [0.05, 0.1) is 0 Å². The van der Waals surface area contributed by atoms with E-state index in [9.17, 15) is 4.79 Å². The average Bonchev–Trinajstić information content (AvgIpc) is 3.15. The number of aromatic nitrogens is 1. The van der Waals surface area contributed by atoms with Crippen molar-refractivity contribution in [2.45, 2.75) is 38.3 Å². The molecule has 4 N–H and O–H groups in total. The molecule has 2 fully saturated rings. The summed E-state index contributed by atoms with van der Waals surface area (Å²) in [6.45, 7) is 2.19. The smallest absolute Gasteiger partial charge is 0.258 e. The minimum absolute atomic E-state index is 0.0884. The van der Waals surface area contributed by atoms with Crippen LogP contribution in [0.4, 0.5) is 10.8 Å². The van der Waals surface area contributed by atoms with Crippen LogP contribution in [0.15, 0.2) is 0 Å². The monoisotopic (exact) mass is 252 g/mol. The summed E-state index contributed by atoms with van der Waals surface area (Å²) in [5.74, 6) is 0.927. The van der Waals surface area contributed by atoms with Crippen LogP contribution in [0, 0.1) is 5.92 Å². The topological polar surface area (TPSA) is 80.0 Å². The molecule has 17 heavy (non-hydrogen) atoms. The molecule has 2 aliphatic rings. The van der Waals surface area contributed by atoms with E-state index >= 15 is 0 Å². The molecule has 0 aliphatic heterocycles. The van der Waals surface area contributed by atoms with Gasteiger partial charge in [0.2, 0.25) is 0 Å². The number of rotatable bonds is 4. The second kappa shape index (κ2) is 3.87. The molecule has 0 bridgehead atoms. The fourth-order valence-corrected chi connectivity index (χ4v) is 2.57. The molecule has 2 aliphatic carbocycles. The molecule has 2 atom stereocenters. The Hall–Kier alpha value is -1.30. The zero-order valence-electron chi connectivity index (χ0n) is 9.69. The minimum Gasteiger partial charge on any atom is -0.382 e. The molecular formula is C11H16N4OS. The van der Waals surface area contributed by atoms with Crippen LogP contribution in [0.2, 0.25) is 0 Å². The third-order valence-corrected chi connectivity index (χ3v) is 4.08. The zero-order valence-corrected chi connectivity index (χ0v) is 10.5. The Balaban J connectivity index is 1.75. The molecule has 92 valence electrons. The lowest BCUT2D eigenvalue weighted by atomic mass is 10.3. The molecule has 1 aromatic rings. The lowest BCUT2D eigenvalue weighted by Gasteiger charge is -2.06. The van der Waals surface area contributed by atoms with Gasteiger partial charge in [0.15, 0.2) is 5.82 Å². The Bertz CT molecular complexity index is 454. The van der Waals surface area contributed by atoms with Crippen LogP contribution >= 0.6 is 11.5 Å². The van der Waals surface area contributed by atoms with Crippen LogP contribution in [0.3, 0.4) is 0 Å². The van der Waals surface area contributed by atoms with Crippen LogP contribution in [0.5, 0.6) is 0 Å². The molecule has 6 heteroatoms. The van der Waals surface area contributed by atoms with Gasteiger partial charge in [-0.3, -0.25) is 4.79 Å². The van der Waals surface area contributed by atoms with Crippen molar-refractivity contribution < 1.29 is 4.79 Å². The van der Waals surface area contributed by atoms with Crippen molar-refractivity contribution in [2.75, 3.05) is 11.1 Å². The summed E-state index contributed by atoms with van der Waals surface area (Å²) in [6.07, 6.45) is 3.30. The first kappa shape index (κ1) is 10.8. The van der Waals surface area contributed by atoms with Crippen molar-refractivity contribution >= 4 is 28.3 Å². The van der Waals surface area contributed by atoms with Gasteiger partial charge in [-0.05, 0) is 36.7 Å². The van der Waals surface area contributed by atoms with Crippen LogP contribution in [-0.4, -0.2) is 22.4 Å². The van der Waals surface area contributed by atoms with Crippen LogP contribution < -0.4 is 16.4 Å². The van der Waals surface area contributed by atoms with Gasteiger partial charge in [0, 0.05) is 12.1 Å². The second-order valence-electron chi connectivity index (χ2n) is 4.98. The number of carbonyl (C=O) groups is 1. The predicted molar refractivity (Wildman–Crippen MR) is 68.2 cm³/mol. The van der Waals surface area contributed by atoms with Crippen molar-refractivity contribution in [1.29, 1.82) is 0 Å². The number of nitrogens with one attached hydrogen (secondary N) is 2. The summed E-state index contributed by atoms with van der Waals surface area (Å²) in [4.78, 5) is 12.0. The third-order valence-electron chi connectivity index (χ3n) is 3.28. The number of nitrogens with zero attached hydrogens (tertiary/aromatic N) is 1. The number of amides is 1. The summed E-state index contributed by atoms with van der Waals surface area (Å²) in [5.41, 5.74) is 6.30. The van der Waals surface area contributed by atoms with Crippen LogP contribution in [-0.2, 0) is 0 Å². The van der Waals surface area contributed by atoms with Gasteiger partial charge in [-0.15, -0.1) is 0 Å². The molecule has 1 heterocycles. The lowest BCUT2D eigenvalue weighted by Crippen LogP contribution is -2.26. The van der Waals surface area contributed by atoms with E-state index in [1.54, 1.807) is 0 Å². The molecule has 0 radical (unpaired) electrons. The van der Waals surface area contributed by atoms with Crippen LogP contribution in [0.1, 0.15) is 36.5 Å². The normalized spacial score (nSPS) is 26.6. The summed E-state index contributed by atoms with van der Waals surface area (Å²) in [5, 5.41) is 7.11. The van der Waals surface area contributed by atoms with Gasteiger partial charge in [-0.2, -0.15) is 4.37 Å². The zero-order chi connectivity index (χ0) is 12.0. The van der Waals surface area contributed by atoms with Gasteiger partial charge in [-0.25, -0.2) is 0 Å². The van der Waals surface area contributed by atoms with Crippen molar-refractivity contribution in [1.82, 2.24) is 9.69 Å². The van der Waals surface area contributed by atoms with Crippen molar-refractivity contribution in [3.8, 4) is 0 Å². The number of nitrogen functional groups attached to an aromatic ring is 1. The number of carbonyl (C=O) groups excluding carboxylic acids is 1. The van der Waals surface area contributed by atoms with Gasteiger partial charge in [-0.1, -0.05) is 6.92 Å². The highest BCUT2D eigenvalue weighted by Crippen LogP contribution is 2.36. The van der Waals surface area contributed by atoms with E-state index in [1.165, 1.54) is 11.5 Å². The van der Waals surface area contributed by atoms with E-state index in [1.807, 2.05) is 0 Å². The largest absolute Gasteiger partial charge is 0.382 e.